The number of hydrogen-bond donors (Lipinski definition) is 11. The number of rotatable bonds is 52. The summed E-state index contributed by atoms with van der Waals surface area (Å²) in [6.45, 7) is 3.77. The zero-order valence-corrected chi connectivity index (χ0v) is 46.7. The van der Waals surface area contributed by atoms with E-state index in [1.807, 2.05) is 16.2 Å². The van der Waals surface area contributed by atoms with E-state index in [4.69, 9.17) is 24.1 Å². The maximum atomic E-state index is 12.9. The first kappa shape index (κ1) is 70.4. The second kappa shape index (κ2) is 49.0. The van der Waals surface area contributed by atoms with E-state index in [1.165, 1.54) is 38.5 Å². The van der Waals surface area contributed by atoms with Crippen molar-refractivity contribution in [1.29, 1.82) is 0 Å². The van der Waals surface area contributed by atoms with E-state index in [2.05, 4.69) is 62.5 Å². The van der Waals surface area contributed by atoms with Crippen molar-refractivity contribution in [3.63, 3.8) is 0 Å². The van der Waals surface area contributed by atoms with Gasteiger partial charge in [0, 0.05) is 50.4 Å². The molecule has 25 heteroatoms. The van der Waals surface area contributed by atoms with Crippen LogP contribution < -0.4 is 37.2 Å². The van der Waals surface area contributed by atoms with Gasteiger partial charge in [-0.1, -0.05) is 93.2 Å². The maximum absolute atomic E-state index is 12.9. The van der Waals surface area contributed by atoms with Gasteiger partial charge < -0.3 is 66.4 Å². The molecule has 0 aliphatic rings. The molecule has 6 amide bonds. The normalized spacial score (nSPS) is 12.7. The lowest BCUT2D eigenvalue weighted by molar-refractivity contribution is -0.142. The molecule has 0 rings (SSSR count). The van der Waals surface area contributed by atoms with Crippen LogP contribution in [-0.4, -0.2) is 178 Å². The first-order valence-corrected chi connectivity index (χ1v) is 28.2. The monoisotopic (exact) mass is 1110 g/mol. The second-order valence-electron chi connectivity index (χ2n) is 17.7. The summed E-state index contributed by atoms with van der Waals surface area (Å²) in [5.74, 6) is -3.89. The lowest BCUT2D eigenvalue weighted by atomic mass is 10.0. The zero-order valence-electron chi connectivity index (χ0n) is 43.7. The van der Waals surface area contributed by atoms with Crippen molar-refractivity contribution in [2.24, 2.45) is 0 Å². The predicted octanol–water partition coefficient (Wildman–Crippen LogP) is 2.46. The number of aliphatic carboxylic acids is 2. The molecular formula is C49H90N7O15PS2. The van der Waals surface area contributed by atoms with Crippen LogP contribution in [0.15, 0.2) is 0 Å². The van der Waals surface area contributed by atoms with Crippen molar-refractivity contribution >= 4 is 87.4 Å². The van der Waals surface area contributed by atoms with Gasteiger partial charge in [0.15, 0.2) is 5.52 Å². The molecule has 5 atom stereocenters. The van der Waals surface area contributed by atoms with Gasteiger partial charge in [-0.3, -0.25) is 38.4 Å². The van der Waals surface area contributed by atoms with Gasteiger partial charge in [0.25, 0.3) is 0 Å². The smallest absolute Gasteiger partial charge is 0.326 e. The van der Waals surface area contributed by atoms with Crippen molar-refractivity contribution in [2.75, 3.05) is 90.5 Å². The van der Waals surface area contributed by atoms with Gasteiger partial charge in [0.05, 0.1) is 51.7 Å². The number of carbonyl (C=O) groups excluding carboxylic acids is 7. The van der Waals surface area contributed by atoms with Gasteiger partial charge in [-0.25, -0.2) is 4.79 Å². The number of carboxylic acids is 2. The first-order chi connectivity index (χ1) is 35.6. The van der Waals surface area contributed by atoms with E-state index >= 15 is 0 Å². The van der Waals surface area contributed by atoms with Gasteiger partial charge in [-0.15, -0.1) is 0 Å². The van der Waals surface area contributed by atoms with Crippen LogP contribution in [0.3, 0.4) is 0 Å². The number of thiol groups is 2. The third kappa shape index (κ3) is 42.6. The summed E-state index contributed by atoms with van der Waals surface area (Å²) < 4.78 is 21.5. The highest BCUT2D eigenvalue weighted by molar-refractivity contribution is 7.80. The number of nitrogens with one attached hydrogen (secondary N) is 7. The minimum atomic E-state index is -1.20. The van der Waals surface area contributed by atoms with Crippen LogP contribution in [0.1, 0.15) is 142 Å². The van der Waals surface area contributed by atoms with Gasteiger partial charge in [0.2, 0.25) is 35.4 Å². The molecule has 9 N–H and O–H groups in total. The summed E-state index contributed by atoms with van der Waals surface area (Å²) in [6.07, 6.45) is 16.6. The Morgan fingerprint density at radius 3 is 1.36 bits per heavy atom. The second-order valence-corrected chi connectivity index (χ2v) is 19.0. The number of unbranched alkanes of at least 4 members (excludes halogenated alkanes) is 14. The fourth-order valence-electron chi connectivity index (χ4n) is 7.18. The van der Waals surface area contributed by atoms with E-state index in [0.717, 1.165) is 44.9 Å². The van der Waals surface area contributed by atoms with Crippen LogP contribution in [0, 0.1) is 0 Å². The molecule has 0 fully saturated rings. The molecule has 22 nitrogen and oxygen atoms in total. The molecule has 0 saturated heterocycles. The van der Waals surface area contributed by atoms with Crippen molar-refractivity contribution in [3.05, 3.63) is 0 Å². The Morgan fingerprint density at radius 1 is 0.446 bits per heavy atom. The Hall–Kier alpha value is -3.64. The van der Waals surface area contributed by atoms with E-state index in [1.54, 1.807) is 0 Å². The Morgan fingerprint density at radius 2 is 0.892 bits per heavy atom. The molecule has 0 aromatic rings. The molecule has 428 valence electrons. The molecule has 0 spiro atoms. The highest BCUT2D eigenvalue weighted by atomic mass is 32.1. The molecule has 74 heavy (non-hydrogen) atoms. The Labute approximate surface area is 451 Å². The molecule has 0 bridgehead atoms. The average Bonchev–Trinajstić information content (AvgIpc) is 3.36. The Bertz CT molecular complexity index is 1590. The van der Waals surface area contributed by atoms with Crippen LogP contribution in [0.5, 0.6) is 0 Å². The van der Waals surface area contributed by atoms with Crippen molar-refractivity contribution < 1.29 is 72.3 Å². The number of amides is 6. The van der Waals surface area contributed by atoms with E-state index in [-0.39, 0.29) is 139 Å². The molecule has 0 radical (unpaired) electrons. The highest BCUT2D eigenvalue weighted by Crippen LogP contribution is 2.14. The van der Waals surface area contributed by atoms with Crippen LogP contribution in [0.4, 0.5) is 0 Å². The summed E-state index contributed by atoms with van der Waals surface area (Å²) in [4.78, 5) is 109. The highest BCUT2D eigenvalue weighted by Gasteiger charge is 2.27. The molecule has 0 aromatic carbocycles. The quantitative estimate of drug-likeness (QED) is 0.0237. The minimum absolute atomic E-state index is 0.0429. The third-order valence-electron chi connectivity index (χ3n) is 11.4. The lowest BCUT2D eigenvalue weighted by Crippen LogP contribution is -2.55. The van der Waals surface area contributed by atoms with Crippen molar-refractivity contribution in [2.45, 2.75) is 166 Å². The number of likely N-dealkylation sites (N-methyl/N-ethyl adjacent to an activating group) is 1. The summed E-state index contributed by atoms with van der Waals surface area (Å²) in [5, 5.41) is 37.1. The van der Waals surface area contributed by atoms with Gasteiger partial charge in [-0.2, -0.15) is 25.3 Å². The number of hydrogen-bond acceptors (Lipinski definition) is 16. The standard InChI is InChI=1S/C49H90N7O15PS2/c1-2-50-39(35-73)47(64)55-37(46(63)56-40(36-74)49(67)72)19-17-18-24-51-43(59)33-70-31-30-69-28-26-53-44(60)34-71-32-29-68-27-25-52-41(57)23-22-38(48(65)66)54-42(58)20-15-13-11-9-7-5-3-4-6-8-10-12-14-16-21-45(61)62/h37-40,50,73-74H,2-36,72H2,1H3,(H,51,59)(H,52,57)(H,53,60)(H,54,58)(H,55,64)(H,56,63)(H,61,62)(H,65,66)/t37-,38-,39-,40-/m0/s1. The fourth-order valence-corrected chi connectivity index (χ4v) is 8.14. The van der Waals surface area contributed by atoms with E-state index in [9.17, 15) is 48.3 Å². The largest absolute Gasteiger partial charge is 0.481 e. The minimum Gasteiger partial charge on any atom is -0.481 e. The molecule has 0 aliphatic heterocycles. The molecule has 0 aromatic heterocycles. The molecule has 0 heterocycles. The van der Waals surface area contributed by atoms with E-state index < -0.39 is 47.9 Å². The van der Waals surface area contributed by atoms with Crippen molar-refractivity contribution in [1.82, 2.24) is 37.2 Å². The summed E-state index contributed by atoms with van der Waals surface area (Å²) in [6, 6.07) is -3.48. The van der Waals surface area contributed by atoms with Crippen LogP contribution in [0.2, 0.25) is 0 Å². The SMILES string of the molecule is CCN[C@@H](CS)C(=O)N[C@@H](CCCCNC(=O)COCCOCCNC(=O)COCCOCCNC(=O)CC[C@H](NC(=O)CCCCCCCCCCCCCCCCC(=O)O)C(=O)O)C(=O)N[C@@H](CS)C(=O)P. The molecule has 0 aliphatic carbocycles. The summed E-state index contributed by atoms with van der Waals surface area (Å²) >= 11 is 8.32. The maximum Gasteiger partial charge on any atom is 0.326 e. The molecular weight excluding hydrogens is 1020 g/mol. The van der Waals surface area contributed by atoms with Gasteiger partial charge >= 0.3 is 11.9 Å². The number of carbonyl (C=O) groups is 9. The molecule has 1 unspecified atom stereocenters. The lowest BCUT2D eigenvalue weighted by Gasteiger charge is -2.24. The topological polar surface area (TPSA) is 315 Å². The van der Waals surface area contributed by atoms with Gasteiger partial charge in [-0.05, 0) is 45.1 Å². The summed E-state index contributed by atoms with van der Waals surface area (Å²) in [5.41, 5.74) is -0.336. The number of ether oxygens (including phenoxy) is 4. The Balaban J connectivity index is 3.91. The number of carboxylic acid groups (broad SMARTS) is 2. The zero-order chi connectivity index (χ0) is 55.0. The molecule has 0 saturated carbocycles. The van der Waals surface area contributed by atoms with Crippen molar-refractivity contribution in [3.8, 4) is 0 Å². The fraction of sp³-hybridized carbons (Fsp3) is 0.816. The summed E-state index contributed by atoms with van der Waals surface area (Å²) in [7, 11) is 2.01. The van der Waals surface area contributed by atoms with Crippen LogP contribution >= 0.6 is 34.5 Å². The predicted molar refractivity (Wildman–Crippen MR) is 290 cm³/mol. The first-order valence-electron chi connectivity index (χ1n) is 26.3. The van der Waals surface area contributed by atoms with Gasteiger partial charge in [0.1, 0.15) is 25.3 Å². The Kier molecular flexibility index (Phi) is 46.6. The van der Waals surface area contributed by atoms with E-state index in [0.29, 0.717) is 32.4 Å². The van der Waals surface area contributed by atoms with Crippen LogP contribution in [-0.2, 0) is 62.1 Å². The van der Waals surface area contributed by atoms with Crippen LogP contribution in [0.25, 0.3) is 0 Å². The third-order valence-corrected chi connectivity index (χ3v) is 12.5. The average molecular weight is 1110 g/mol.